The Hall–Kier alpha value is -2.25. The van der Waals surface area contributed by atoms with Gasteiger partial charge in [0.1, 0.15) is 6.61 Å². The second-order valence-electron chi connectivity index (χ2n) is 11.2. The van der Waals surface area contributed by atoms with Crippen LogP contribution in [0.15, 0.2) is 60.8 Å². The van der Waals surface area contributed by atoms with Gasteiger partial charge >= 0.3 is 19.8 Å². The summed E-state index contributed by atoms with van der Waals surface area (Å²) in [5.41, 5.74) is 0. The number of hydrogen-bond donors (Lipinski definition) is 2. The highest BCUT2D eigenvalue weighted by molar-refractivity contribution is 7.46. The maximum absolute atomic E-state index is 12.3. The molecule has 45 heavy (non-hydrogen) atoms. The van der Waals surface area contributed by atoms with Gasteiger partial charge in [0.25, 0.3) is 0 Å². The number of allylic oxidation sites excluding steroid dienone is 10. The van der Waals surface area contributed by atoms with Crippen molar-refractivity contribution < 1.29 is 37.9 Å². The highest BCUT2D eigenvalue weighted by atomic mass is 31.2. The molecule has 1 atom stereocenters. The third kappa shape index (κ3) is 34.5. The van der Waals surface area contributed by atoms with E-state index in [9.17, 15) is 14.2 Å². The Morgan fingerprint density at radius 1 is 0.600 bits per heavy atom. The van der Waals surface area contributed by atoms with Crippen molar-refractivity contribution in [1.29, 1.82) is 0 Å². The summed E-state index contributed by atoms with van der Waals surface area (Å²) < 4.78 is 26.1. The molecule has 0 bridgehead atoms. The molecule has 9 heteroatoms. The number of hydrogen-bond acceptors (Lipinski definition) is 6. The molecule has 0 aromatic rings. The first-order valence-electron chi connectivity index (χ1n) is 17.1. The molecule has 0 fully saturated rings. The minimum atomic E-state index is -4.77. The normalized spacial score (nSPS) is 13.2. The van der Waals surface area contributed by atoms with Gasteiger partial charge < -0.3 is 19.3 Å². The second-order valence-corrected chi connectivity index (χ2v) is 12.5. The standard InChI is InChI=1S/C36H61O8P/c1-3-5-7-9-11-13-15-17-19-20-22-24-26-28-30-35(37)42-32-34(33-43-45(39,40)41)44-36(38)31-29-27-25-23-21-18-16-14-12-10-8-6-4-2/h6,8,10,12,14,16,18,21,23,25,34H,3-5,7,9,11,13,15,17,19-20,22,24,26-33H2,1-2H3,(H2,39,40,41)/b8-6+,12-10+,16-14+,21-18+,25-23+. The number of esters is 2. The van der Waals surface area contributed by atoms with Crippen LogP contribution in [-0.4, -0.2) is 41.0 Å². The van der Waals surface area contributed by atoms with E-state index in [4.69, 9.17) is 19.3 Å². The zero-order chi connectivity index (χ0) is 33.3. The van der Waals surface area contributed by atoms with Crippen molar-refractivity contribution in [3.8, 4) is 0 Å². The summed E-state index contributed by atoms with van der Waals surface area (Å²) in [5.74, 6) is -0.975. The number of phosphoric ester groups is 1. The van der Waals surface area contributed by atoms with Crippen molar-refractivity contribution in [2.45, 2.75) is 142 Å². The Morgan fingerprint density at radius 3 is 1.58 bits per heavy atom. The molecule has 1 unspecified atom stereocenters. The zero-order valence-electron chi connectivity index (χ0n) is 28.0. The summed E-state index contributed by atoms with van der Waals surface area (Å²) >= 11 is 0. The summed E-state index contributed by atoms with van der Waals surface area (Å²) in [7, 11) is -4.77. The van der Waals surface area contributed by atoms with Crippen LogP contribution in [0, 0.1) is 0 Å². The molecule has 0 aromatic carbocycles. The minimum Gasteiger partial charge on any atom is -0.462 e. The number of unbranched alkanes of at least 4 members (excludes halogenated alkanes) is 14. The molecular weight excluding hydrogens is 591 g/mol. The van der Waals surface area contributed by atoms with Crippen LogP contribution in [0.2, 0.25) is 0 Å². The van der Waals surface area contributed by atoms with E-state index in [1.54, 1.807) is 0 Å². The molecule has 0 aliphatic carbocycles. The van der Waals surface area contributed by atoms with Crippen LogP contribution >= 0.6 is 7.82 Å². The molecule has 0 heterocycles. The van der Waals surface area contributed by atoms with E-state index in [1.165, 1.54) is 70.6 Å². The van der Waals surface area contributed by atoms with Crippen LogP contribution in [0.25, 0.3) is 0 Å². The monoisotopic (exact) mass is 652 g/mol. The zero-order valence-corrected chi connectivity index (χ0v) is 28.9. The molecule has 0 amide bonds. The lowest BCUT2D eigenvalue weighted by molar-refractivity contribution is -0.161. The highest BCUT2D eigenvalue weighted by Gasteiger charge is 2.22. The molecule has 2 N–H and O–H groups in total. The van der Waals surface area contributed by atoms with Crippen LogP contribution in [-0.2, 0) is 28.2 Å². The van der Waals surface area contributed by atoms with Crippen LogP contribution in [0.1, 0.15) is 136 Å². The molecule has 0 spiro atoms. The molecule has 0 aliphatic heterocycles. The van der Waals surface area contributed by atoms with Gasteiger partial charge in [0.2, 0.25) is 0 Å². The topological polar surface area (TPSA) is 119 Å². The van der Waals surface area contributed by atoms with Crippen molar-refractivity contribution in [2.75, 3.05) is 13.2 Å². The van der Waals surface area contributed by atoms with Gasteiger partial charge in [-0.15, -0.1) is 0 Å². The van der Waals surface area contributed by atoms with E-state index in [2.05, 4.69) is 24.4 Å². The molecule has 0 saturated heterocycles. The van der Waals surface area contributed by atoms with Crippen LogP contribution in [0.5, 0.6) is 0 Å². The van der Waals surface area contributed by atoms with E-state index in [0.717, 1.165) is 19.3 Å². The Labute approximate surface area is 273 Å². The fourth-order valence-corrected chi connectivity index (χ4v) is 4.76. The smallest absolute Gasteiger partial charge is 0.462 e. The molecule has 258 valence electrons. The Balaban J connectivity index is 4.13. The predicted octanol–water partition coefficient (Wildman–Crippen LogP) is 9.78. The van der Waals surface area contributed by atoms with Crippen LogP contribution < -0.4 is 0 Å². The molecule has 0 radical (unpaired) electrons. The quantitative estimate of drug-likeness (QED) is 0.0341. The minimum absolute atomic E-state index is 0.115. The summed E-state index contributed by atoms with van der Waals surface area (Å²) in [5, 5.41) is 0. The average molecular weight is 653 g/mol. The van der Waals surface area contributed by atoms with Gasteiger partial charge in [-0.3, -0.25) is 14.1 Å². The molecule has 0 aliphatic rings. The predicted molar refractivity (Wildman–Crippen MR) is 184 cm³/mol. The van der Waals surface area contributed by atoms with Gasteiger partial charge in [0.05, 0.1) is 6.61 Å². The summed E-state index contributed by atoms with van der Waals surface area (Å²) in [4.78, 5) is 42.5. The fraction of sp³-hybridized carbons (Fsp3) is 0.667. The van der Waals surface area contributed by atoms with E-state index in [1.807, 2.05) is 54.7 Å². The van der Waals surface area contributed by atoms with Crippen molar-refractivity contribution in [1.82, 2.24) is 0 Å². The molecule has 0 saturated carbocycles. The largest absolute Gasteiger partial charge is 0.469 e. The van der Waals surface area contributed by atoms with Crippen LogP contribution in [0.4, 0.5) is 0 Å². The number of ether oxygens (including phenoxy) is 2. The van der Waals surface area contributed by atoms with Gasteiger partial charge in [0.15, 0.2) is 6.10 Å². The number of rotatable bonds is 30. The number of phosphoric acid groups is 1. The maximum atomic E-state index is 12.3. The first-order valence-corrected chi connectivity index (χ1v) is 18.7. The lowest BCUT2D eigenvalue weighted by Crippen LogP contribution is -2.29. The van der Waals surface area contributed by atoms with Gasteiger partial charge in [-0.25, -0.2) is 4.57 Å². The van der Waals surface area contributed by atoms with Crippen molar-refractivity contribution in [2.24, 2.45) is 0 Å². The van der Waals surface area contributed by atoms with E-state index in [0.29, 0.717) is 19.3 Å². The first kappa shape index (κ1) is 42.8. The van der Waals surface area contributed by atoms with E-state index >= 15 is 0 Å². The van der Waals surface area contributed by atoms with Gasteiger partial charge in [-0.05, 0) is 25.7 Å². The Kier molecular flexibility index (Phi) is 30.1. The van der Waals surface area contributed by atoms with Crippen molar-refractivity contribution in [3.05, 3.63) is 60.8 Å². The second kappa shape index (κ2) is 31.7. The third-order valence-corrected chi connectivity index (χ3v) is 7.41. The summed E-state index contributed by atoms with van der Waals surface area (Å²) in [6.45, 7) is 3.45. The maximum Gasteiger partial charge on any atom is 0.469 e. The molecule has 8 nitrogen and oxygen atoms in total. The van der Waals surface area contributed by atoms with Gasteiger partial charge in [0, 0.05) is 12.8 Å². The summed E-state index contributed by atoms with van der Waals surface area (Å²) in [6, 6.07) is 0. The van der Waals surface area contributed by atoms with E-state index in [-0.39, 0.29) is 19.4 Å². The Morgan fingerprint density at radius 2 is 1.07 bits per heavy atom. The first-order chi connectivity index (χ1) is 21.8. The van der Waals surface area contributed by atoms with Gasteiger partial charge in [-0.2, -0.15) is 0 Å². The van der Waals surface area contributed by atoms with Crippen molar-refractivity contribution >= 4 is 19.8 Å². The lowest BCUT2D eigenvalue weighted by atomic mass is 10.0. The van der Waals surface area contributed by atoms with Crippen molar-refractivity contribution in [3.63, 3.8) is 0 Å². The third-order valence-electron chi connectivity index (χ3n) is 6.93. The fourth-order valence-electron chi connectivity index (χ4n) is 4.40. The number of carbonyl (C=O) groups excluding carboxylic acids is 2. The summed E-state index contributed by atoms with van der Waals surface area (Å²) in [6.07, 6.45) is 38.1. The molecular formula is C36H61O8P. The average Bonchev–Trinajstić information content (AvgIpc) is 3.00. The van der Waals surface area contributed by atoms with Crippen LogP contribution in [0.3, 0.4) is 0 Å². The molecule has 0 rings (SSSR count). The highest BCUT2D eigenvalue weighted by Crippen LogP contribution is 2.35. The van der Waals surface area contributed by atoms with E-state index < -0.39 is 32.5 Å². The Bertz CT molecular complexity index is 916. The number of carbonyl (C=O) groups is 2. The molecule has 0 aromatic heterocycles. The SMILES string of the molecule is CC/C=C/C=C/C=C/C=C/C=C/CCCC(=O)OC(COC(=O)CCCCCCCCCCCCCCCC)COP(=O)(O)O. The lowest BCUT2D eigenvalue weighted by Gasteiger charge is -2.18. The van der Waals surface area contributed by atoms with Gasteiger partial charge in [-0.1, -0.05) is 158 Å².